The van der Waals surface area contributed by atoms with Crippen molar-refractivity contribution in [2.75, 3.05) is 13.2 Å². The maximum Gasteiger partial charge on any atom is 0.182 e. The van der Waals surface area contributed by atoms with Crippen LogP contribution in [0.25, 0.3) is 0 Å². The van der Waals surface area contributed by atoms with Crippen molar-refractivity contribution in [3.63, 3.8) is 0 Å². The second-order valence-electron chi connectivity index (χ2n) is 2.88. The van der Waals surface area contributed by atoms with Gasteiger partial charge in [-0.25, -0.2) is 0 Å². The molecule has 2 fully saturated rings. The molecule has 2 heterocycles. The van der Waals surface area contributed by atoms with E-state index in [9.17, 15) is 10.0 Å². The van der Waals surface area contributed by atoms with Gasteiger partial charge < -0.3 is 19.4 Å². The molecule has 0 spiro atoms. The van der Waals surface area contributed by atoms with E-state index in [0.29, 0.717) is 0 Å². The molecule has 12 heavy (non-hydrogen) atoms. The molecular weight excluding hydrogens is 166 g/mol. The predicted octanol–water partition coefficient (Wildman–Crippen LogP) is -0.789. The van der Waals surface area contributed by atoms with Crippen LogP contribution in [0.3, 0.4) is 0 Å². The minimum Gasteiger partial charge on any atom is -0.388 e. The van der Waals surface area contributed by atoms with Crippen molar-refractivity contribution < 1.29 is 19.4 Å². The van der Waals surface area contributed by atoms with Crippen molar-refractivity contribution >= 4 is 0 Å². The second kappa shape index (κ2) is 2.96. The van der Waals surface area contributed by atoms with Crippen LogP contribution in [0.15, 0.2) is 5.34 Å². The number of aliphatic hydroxyl groups is 1. The zero-order valence-corrected chi connectivity index (χ0v) is 6.25. The number of nitrogens with zero attached hydrogens (tertiary/aromatic N) is 1. The molecule has 6 heteroatoms. The summed E-state index contributed by atoms with van der Waals surface area (Å²) < 4.78 is 10.3. The first-order chi connectivity index (χ1) is 5.83. The Hall–Kier alpha value is -0.720. The zero-order valence-electron chi connectivity index (χ0n) is 6.25. The maximum absolute atomic E-state index is 9.79. The molecule has 0 amide bonds. The van der Waals surface area contributed by atoms with E-state index in [-0.39, 0.29) is 25.4 Å². The number of hydrogen-bond acceptors (Lipinski definition) is 6. The molecule has 2 rings (SSSR count). The van der Waals surface area contributed by atoms with Gasteiger partial charge in [-0.05, 0) is 0 Å². The first kappa shape index (κ1) is 7.90. The van der Waals surface area contributed by atoms with Gasteiger partial charge in [0.25, 0.3) is 0 Å². The van der Waals surface area contributed by atoms with Gasteiger partial charge in [-0.1, -0.05) is 0 Å². The van der Waals surface area contributed by atoms with Crippen LogP contribution in [0.2, 0.25) is 0 Å². The highest BCUT2D eigenvalue weighted by Gasteiger charge is 2.48. The van der Waals surface area contributed by atoms with Crippen LogP contribution in [0.1, 0.15) is 0 Å². The van der Waals surface area contributed by atoms with Gasteiger partial charge in [-0.3, -0.25) is 0 Å². The van der Waals surface area contributed by atoms with Crippen LogP contribution in [0.4, 0.5) is 0 Å². The van der Waals surface area contributed by atoms with E-state index in [1.807, 2.05) is 0 Å². The highest BCUT2D eigenvalue weighted by atomic mass is 16.8. The van der Waals surface area contributed by atoms with Crippen molar-refractivity contribution in [2.45, 2.75) is 24.4 Å². The Balaban J connectivity index is 2.00. The molecule has 4 atom stereocenters. The number of ether oxygens (including phenoxy) is 2. The molecule has 1 N–H and O–H groups in total. The van der Waals surface area contributed by atoms with Crippen LogP contribution >= 0.6 is 0 Å². The summed E-state index contributed by atoms with van der Waals surface area (Å²) in [6, 6.07) is 0. The van der Waals surface area contributed by atoms with Crippen molar-refractivity contribution in [1.82, 2.24) is 0 Å². The molecular formula is C6H9NO5. The van der Waals surface area contributed by atoms with Gasteiger partial charge in [0.1, 0.15) is 18.3 Å². The lowest BCUT2D eigenvalue weighted by molar-refractivity contribution is -0.0370. The third kappa shape index (κ3) is 1.08. The zero-order chi connectivity index (χ0) is 8.55. The number of aliphatic hydroxyl groups excluding tert-OH is 1. The van der Waals surface area contributed by atoms with Gasteiger partial charge >= 0.3 is 0 Å². The highest BCUT2D eigenvalue weighted by molar-refractivity contribution is 4.94. The Morgan fingerprint density at radius 1 is 1.33 bits per heavy atom. The van der Waals surface area contributed by atoms with E-state index in [4.69, 9.17) is 9.47 Å². The first-order valence-electron chi connectivity index (χ1n) is 3.72. The highest BCUT2D eigenvalue weighted by Crippen LogP contribution is 2.28. The molecule has 0 aromatic heterocycles. The predicted molar refractivity (Wildman–Crippen MR) is 36.2 cm³/mol. The normalized spacial score (nSPS) is 45.8. The molecule has 2 aliphatic heterocycles. The molecule has 2 saturated heterocycles. The Morgan fingerprint density at radius 3 is 2.83 bits per heavy atom. The smallest absolute Gasteiger partial charge is 0.182 e. The summed E-state index contributed by atoms with van der Waals surface area (Å²) in [5.41, 5.74) is 0. The average molecular weight is 175 g/mol. The molecule has 0 bridgehead atoms. The van der Waals surface area contributed by atoms with Gasteiger partial charge in [0.05, 0.1) is 13.2 Å². The third-order valence-electron chi connectivity index (χ3n) is 2.16. The molecule has 0 aliphatic carbocycles. The van der Waals surface area contributed by atoms with E-state index in [2.05, 4.69) is 10.2 Å². The van der Waals surface area contributed by atoms with Crippen molar-refractivity contribution in [1.29, 1.82) is 0 Å². The van der Waals surface area contributed by atoms with Gasteiger partial charge in [-0.15, -0.1) is 4.91 Å². The topological polar surface area (TPSA) is 77.4 Å². The van der Waals surface area contributed by atoms with Crippen molar-refractivity contribution in [3.05, 3.63) is 4.91 Å². The average Bonchev–Trinajstić information content (AvgIpc) is 2.58. The first-order valence-corrected chi connectivity index (χ1v) is 3.72. The van der Waals surface area contributed by atoms with E-state index < -0.39 is 12.2 Å². The van der Waals surface area contributed by atoms with E-state index in [1.54, 1.807) is 0 Å². The molecule has 0 radical (unpaired) electrons. The number of rotatable bonds is 2. The molecule has 0 aromatic rings. The van der Waals surface area contributed by atoms with Gasteiger partial charge in [0, 0.05) is 0 Å². The summed E-state index contributed by atoms with van der Waals surface area (Å²) in [7, 11) is 0. The van der Waals surface area contributed by atoms with Crippen molar-refractivity contribution in [2.24, 2.45) is 5.34 Å². The fraction of sp³-hybridized carbons (Fsp3) is 1.00. The minimum atomic E-state index is -0.616. The van der Waals surface area contributed by atoms with Crippen LogP contribution < -0.4 is 0 Å². The largest absolute Gasteiger partial charge is 0.388 e. The lowest BCUT2D eigenvalue weighted by Crippen LogP contribution is -2.31. The minimum absolute atomic E-state index is 0.230. The van der Waals surface area contributed by atoms with Crippen molar-refractivity contribution in [3.8, 4) is 0 Å². The molecule has 0 saturated carbocycles. The number of hydrogen-bond donors (Lipinski definition) is 1. The monoisotopic (exact) mass is 175 g/mol. The number of fused-ring (bicyclic) bond motifs is 1. The van der Waals surface area contributed by atoms with Crippen LogP contribution in [-0.4, -0.2) is 42.7 Å². The summed E-state index contributed by atoms with van der Waals surface area (Å²) >= 11 is 0. The molecule has 0 aromatic carbocycles. The summed E-state index contributed by atoms with van der Waals surface area (Å²) in [6.07, 6.45) is -1.80. The van der Waals surface area contributed by atoms with E-state index >= 15 is 0 Å². The van der Waals surface area contributed by atoms with Gasteiger partial charge in [0.2, 0.25) is 0 Å². The summed E-state index contributed by atoms with van der Waals surface area (Å²) in [5, 5.41) is 11.6. The summed E-state index contributed by atoms with van der Waals surface area (Å²) in [6.45, 7) is 0.478. The fourth-order valence-electron chi connectivity index (χ4n) is 1.59. The van der Waals surface area contributed by atoms with E-state index in [0.717, 1.165) is 0 Å². The lowest BCUT2D eigenvalue weighted by atomic mass is 10.1. The van der Waals surface area contributed by atoms with E-state index in [1.165, 1.54) is 0 Å². The SMILES string of the molecule is O=NO[C@H]1CO[C@H]2[C@@H]1OC[C@H]2O. The third-order valence-corrected chi connectivity index (χ3v) is 2.16. The van der Waals surface area contributed by atoms with Crippen LogP contribution in [-0.2, 0) is 14.3 Å². The maximum atomic E-state index is 9.79. The quantitative estimate of drug-likeness (QED) is 0.439. The van der Waals surface area contributed by atoms with Crippen LogP contribution in [0.5, 0.6) is 0 Å². The molecule has 0 unspecified atom stereocenters. The van der Waals surface area contributed by atoms with Gasteiger partial charge in [0.15, 0.2) is 11.4 Å². The Kier molecular flexibility index (Phi) is 1.95. The van der Waals surface area contributed by atoms with Gasteiger partial charge in [-0.2, -0.15) is 0 Å². The standard InChI is InChI=1S/C6H9NO5/c8-3-1-10-6-4(12-7-9)2-11-5(3)6/h3-6,8H,1-2H2/t3-,4+,5-,6-/m1/s1. The second-order valence-corrected chi connectivity index (χ2v) is 2.88. The Labute approximate surface area is 68.3 Å². The van der Waals surface area contributed by atoms with Crippen LogP contribution in [0, 0.1) is 4.91 Å². The summed E-state index contributed by atoms with van der Waals surface area (Å²) in [4.78, 5) is 14.3. The molecule has 6 nitrogen and oxygen atoms in total. The summed E-state index contributed by atoms with van der Waals surface area (Å²) in [5.74, 6) is 0. The lowest BCUT2D eigenvalue weighted by Gasteiger charge is -2.11. The molecule has 2 aliphatic rings. The molecule has 68 valence electrons. The Morgan fingerprint density at radius 2 is 2.08 bits per heavy atom. The fourth-order valence-corrected chi connectivity index (χ4v) is 1.59. The Bertz CT molecular complexity index is 187.